The maximum atomic E-state index is 5.64. The molecule has 0 spiro atoms. The molecule has 1 aromatic heterocycles. The first-order valence-electron chi connectivity index (χ1n) is 4.82. The molecule has 0 atom stereocenters. The molecule has 2 rings (SSSR count). The van der Waals surface area contributed by atoms with E-state index in [2.05, 4.69) is 32.3 Å². The molecular formula is C8H16N6. The summed E-state index contributed by atoms with van der Waals surface area (Å²) in [4.78, 5) is 4.66. The van der Waals surface area contributed by atoms with Crippen molar-refractivity contribution in [3.8, 4) is 0 Å². The van der Waals surface area contributed by atoms with Crippen LogP contribution in [-0.4, -0.2) is 58.4 Å². The van der Waals surface area contributed by atoms with Gasteiger partial charge in [0.15, 0.2) is 5.82 Å². The van der Waals surface area contributed by atoms with E-state index in [1.54, 1.807) is 0 Å². The van der Waals surface area contributed by atoms with Gasteiger partial charge < -0.3 is 10.6 Å². The highest BCUT2D eigenvalue weighted by molar-refractivity contribution is 5.31. The van der Waals surface area contributed by atoms with E-state index in [0.29, 0.717) is 5.82 Å². The molecule has 1 aliphatic rings. The molecule has 0 amide bonds. The Morgan fingerprint density at radius 3 is 2.57 bits per heavy atom. The van der Waals surface area contributed by atoms with Gasteiger partial charge in [0.05, 0.1) is 0 Å². The highest BCUT2D eigenvalue weighted by atomic mass is 15.4. The number of rotatable bonds is 2. The van der Waals surface area contributed by atoms with Crippen molar-refractivity contribution in [2.24, 2.45) is 0 Å². The molecule has 78 valence electrons. The van der Waals surface area contributed by atoms with Crippen LogP contribution in [0.5, 0.6) is 0 Å². The number of H-pyrrole nitrogens is 1. The van der Waals surface area contributed by atoms with Gasteiger partial charge in [-0.2, -0.15) is 10.3 Å². The summed E-state index contributed by atoms with van der Waals surface area (Å²) in [5, 5.41) is 10.3. The van der Waals surface area contributed by atoms with Crippen LogP contribution in [0.2, 0.25) is 0 Å². The van der Waals surface area contributed by atoms with E-state index in [1.807, 2.05) is 0 Å². The summed E-state index contributed by atoms with van der Waals surface area (Å²) in [7, 11) is 2.14. The van der Waals surface area contributed by atoms with Crippen molar-refractivity contribution < 1.29 is 0 Å². The van der Waals surface area contributed by atoms with Crippen LogP contribution in [0.15, 0.2) is 0 Å². The van der Waals surface area contributed by atoms with Gasteiger partial charge in [0.25, 0.3) is 0 Å². The molecule has 1 fully saturated rings. The lowest BCUT2D eigenvalue weighted by Gasteiger charge is -2.31. The van der Waals surface area contributed by atoms with Crippen LogP contribution in [0.25, 0.3) is 0 Å². The summed E-state index contributed by atoms with van der Waals surface area (Å²) in [6.45, 7) is 5.16. The van der Waals surface area contributed by atoms with Crippen molar-refractivity contribution in [3.05, 3.63) is 5.69 Å². The number of nitrogens with two attached hydrogens (primary N) is 1. The van der Waals surface area contributed by atoms with E-state index in [1.165, 1.54) is 0 Å². The molecule has 2 heterocycles. The quantitative estimate of drug-likeness (QED) is 0.643. The second-order valence-electron chi connectivity index (χ2n) is 3.73. The van der Waals surface area contributed by atoms with Gasteiger partial charge in [-0.25, -0.2) is 0 Å². The van der Waals surface area contributed by atoms with Crippen molar-refractivity contribution >= 4 is 5.82 Å². The second kappa shape index (κ2) is 3.93. The van der Waals surface area contributed by atoms with E-state index >= 15 is 0 Å². The van der Waals surface area contributed by atoms with E-state index in [0.717, 1.165) is 38.4 Å². The fourth-order valence-electron chi connectivity index (χ4n) is 1.60. The van der Waals surface area contributed by atoms with E-state index in [9.17, 15) is 0 Å². The Labute approximate surface area is 83.1 Å². The monoisotopic (exact) mass is 196 g/mol. The molecule has 14 heavy (non-hydrogen) atoms. The molecule has 0 radical (unpaired) electrons. The smallest absolute Gasteiger partial charge is 0.170 e. The predicted octanol–water partition coefficient (Wildman–Crippen LogP) is -0.866. The minimum atomic E-state index is 0.518. The number of hydrogen-bond donors (Lipinski definition) is 2. The van der Waals surface area contributed by atoms with Crippen LogP contribution >= 0.6 is 0 Å². The Morgan fingerprint density at radius 1 is 1.29 bits per heavy atom. The standard InChI is InChI=1S/C8H16N6/c1-13-2-4-14(5-3-13)6-7-8(9)11-12-10-7/h2-6H2,1H3,(H3,9,10,11,12). The number of nitrogens with zero attached hydrogens (tertiary/aromatic N) is 4. The highest BCUT2D eigenvalue weighted by Gasteiger charge is 2.16. The molecule has 0 aliphatic carbocycles. The number of aromatic nitrogens is 3. The molecule has 0 aromatic carbocycles. The summed E-state index contributed by atoms with van der Waals surface area (Å²) < 4.78 is 0. The third-order valence-corrected chi connectivity index (χ3v) is 2.62. The van der Waals surface area contributed by atoms with Crippen LogP contribution < -0.4 is 5.73 Å². The lowest BCUT2D eigenvalue weighted by Crippen LogP contribution is -2.44. The fourth-order valence-corrected chi connectivity index (χ4v) is 1.60. The zero-order chi connectivity index (χ0) is 9.97. The van der Waals surface area contributed by atoms with Gasteiger partial charge in [-0.15, -0.1) is 5.10 Å². The van der Waals surface area contributed by atoms with Crippen molar-refractivity contribution in [1.82, 2.24) is 25.2 Å². The van der Waals surface area contributed by atoms with Gasteiger partial charge in [0.2, 0.25) is 0 Å². The average Bonchev–Trinajstić information content (AvgIpc) is 2.56. The van der Waals surface area contributed by atoms with Gasteiger partial charge in [0, 0.05) is 32.7 Å². The zero-order valence-corrected chi connectivity index (χ0v) is 8.40. The van der Waals surface area contributed by atoms with Crippen LogP contribution in [0.1, 0.15) is 5.69 Å². The van der Waals surface area contributed by atoms with Crippen molar-refractivity contribution in [3.63, 3.8) is 0 Å². The first kappa shape index (κ1) is 9.42. The first-order chi connectivity index (χ1) is 6.75. The largest absolute Gasteiger partial charge is 0.381 e. The van der Waals surface area contributed by atoms with Gasteiger partial charge >= 0.3 is 0 Å². The number of nitrogens with one attached hydrogen (secondary N) is 1. The summed E-state index contributed by atoms with van der Waals surface area (Å²) in [5.41, 5.74) is 6.50. The summed E-state index contributed by atoms with van der Waals surface area (Å²) in [6.07, 6.45) is 0. The lowest BCUT2D eigenvalue weighted by atomic mass is 10.3. The van der Waals surface area contributed by atoms with E-state index in [-0.39, 0.29) is 0 Å². The normalized spacial score (nSPS) is 20.1. The molecule has 3 N–H and O–H groups in total. The van der Waals surface area contributed by atoms with Crippen LogP contribution in [0.3, 0.4) is 0 Å². The number of nitrogen functional groups attached to an aromatic ring is 1. The molecule has 0 saturated carbocycles. The molecule has 6 heteroatoms. The first-order valence-corrected chi connectivity index (χ1v) is 4.82. The van der Waals surface area contributed by atoms with E-state index in [4.69, 9.17) is 5.73 Å². The number of aromatic amines is 1. The lowest BCUT2D eigenvalue weighted by molar-refractivity contribution is 0.147. The predicted molar refractivity (Wildman–Crippen MR) is 53.6 cm³/mol. The maximum Gasteiger partial charge on any atom is 0.170 e. The minimum absolute atomic E-state index is 0.518. The Kier molecular flexibility index (Phi) is 2.64. The number of likely N-dealkylation sites (N-methyl/N-ethyl adjacent to an activating group) is 1. The summed E-state index contributed by atoms with van der Waals surface area (Å²) in [6, 6.07) is 0. The van der Waals surface area contributed by atoms with Crippen molar-refractivity contribution in [2.45, 2.75) is 6.54 Å². The Morgan fingerprint density at radius 2 is 2.00 bits per heavy atom. The molecule has 1 saturated heterocycles. The van der Waals surface area contributed by atoms with Crippen LogP contribution in [0.4, 0.5) is 5.82 Å². The average molecular weight is 196 g/mol. The molecule has 6 nitrogen and oxygen atoms in total. The van der Waals surface area contributed by atoms with Gasteiger partial charge in [-0.3, -0.25) is 4.90 Å². The fraction of sp³-hybridized carbons (Fsp3) is 0.750. The van der Waals surface area contributed by atoms with Gasteiger partial charge in [0.1, 0.15) is 5.69 Å². The maximum absolute atomic E-state index is 5.64. The van der Waals surface area contributed by atoms with Crippen molar-refractivity contribution in [2.75, 3.05) is 39.0 Å². The summed E-state index contributed by atoms with van der Waals surface area (Å²) >= 11 is 0. The van der Waals surface area contributed by atoms with Gasteiger partial charge in [-0.05, 0) is 7.05 Å². The molecular weight excluding hydrogens is 180 g/mol. The second-order valence-corrected chi connectivity index (χ2v) is 3.73. The zero-order valence-electron chi connectivity index (χ0n) is 8.40. The Bertz CT molecular complexity index is 288. The van der Waals surface area contributed by atoms with Crippen LogP contribution in [-0.2, 0) is 6.54 Å². The van der Waals surface area contributed by atoms with Crippen LogP contribution in [0, 0.1) is 0 Å². The third kappa shape index (κ3) is 2.02. The topological polar surface area (TPSA) is 74.1 Å². The van der Waals surface area contributed by atoms with Crippen molar-refractivity contribution in [1.29, 1.82) is 0 Å². The molecule has 0 bridgehead atoms. The number of piperazine rings is 1. The highest BCUT2D eigenvalue weighted by Crippen LogP contribution is 2.08. The minimum Gasteiger partial charge on any atom is -0.381 e. The van der Waals surface area contributed by atoms with Gasteiger partial charge in [-0.1, -0.05) is 0 Å². The van der Waals surface area contributed by atoms with E-state index < -0.39 is 0 Å². The third-order valence-electron chi connectivity index (χ3n) is 2.62. The summed E-state index contributed by atoms with van der Waals surface area (Å²) in [5.74, 6) is 0.518. The molecule has 0 unspecified atom stereocenters. The Balaban J connectivity index is 1.89. The SMILES string of the molecule is CN1CCN(Cc2n[nH]nc2N)CC1. The number of hydrogen-bond acceptors (Lipinski definition) is 5. The number of anilines is 1. The molecule has 1 aromatic rings. The Hall–Kier alpha value is -1.14. The molecule has 1 aliphatic heterocycles.